The van der Waals surface area contributed by atoms with Crippen molar-refractivity contribution < 1.29 is 18.9 Å². The third-order valence-corrected chi connectivity index (χ3v) is 8.35. The van der Waals surface area contributed by atoms with Gasteiger partial charge >= 0.3 is 0 Å². The highest BCUT2D eigenvalue weighted by Crippen LogP contribution is 2.53. The van der Waals surface area contributed by atoms with Crippen molar-refractivity contribution in [2.45, 2.75) is 95.4 Å². The average Bonchev–Trinajstić information content (AvgIpc) is 3.30. The molecule has 5 atom stereocenters. The van der Waals surface area contributed by atoms with Gasteiger partial charge in [0.15, 0.2) is 0 Å². The minimum atomic E-state index is -0.109. The van der Waals surface area contributed by atoms with Gasteiger partial charge in [0.1, 0.15) is 0 Å². The first-order chi connectivity index (χ1) is 15.2. The minimum absolute atomic E-state index is 0.109. The summed E-state index contributed by atoms with van der Waals surface area (Å²) >= 11 is 0. The van der Waals surface area contributed by atoms with E-state index in [9.17, 15) is 0 Å². The summed E-state index contributed by atoms with van der Waals surface area (Å²) in [5.41, 5.74) is -0.109. The Balaban J connectivity index is 1.71. The van der Waals surface area contributed by atoms with Crippen LogP contribution in [0.2, 0.25) is 0 Å². The Hall–Kier alpha value is -1.26. The molecule has 174 valence electrons. The molecule has 4 heteroatoms. The van der Waals surface area contributed by atoms with Crippen molar-refractivity contribution >= 4 is 0 Å². The maximum absolute atomic E-state index is 7.46. The van der Waals surface area contributed by atoms with E-state index in [-0.39, 0.29) is 17.8 Å². The normalized spacial score (nSPS) is 34.2. The molecule has 4 nitrogen and oxygen atoms in total. The van der Waals surface area contributed by atoms with Crippen LogP contribution in [0, 0.1) is 17.8 Å². The van der Waals surface area contributed by atoms with Crippen molar-refractivity contribution in [1.29, 1.82) is 0 Å². The zero-order valence-electron chi connectivity index (χ0n) is 19.8. The van der Waals surface area contributed by atoms with Gasteiger partial charge in [0, 0.05) is 19.4 Å². The Morgan fingerprint density at radius 3 is 2.00 bits per heavy atom. The fourth-order valence-electron chi connectivity index (χ4n) is 6.71. The number of allylic oxidation sites excluding steroid dienone is 6. The molecule has 4 aliphatic rings. The van der Waals surface area contributed by atoms with Crippen molar-refractivity contribution in [3.05, 3.63) is 35.8 Å². The summed E-state index contributed by atoms with van der Waals surface area (Å²) in [4.78, 5) is 0. The highest BCUT2D eigenvalue weighted by molar-refractivity contribution is 5.14. The van der Waals surface area contributed by atoms with E-state index in [1.54, 1.807) is 0 Å². The molecule has 1 aliphatic heterocycles. The zero-order valence-corrected chi connectivity index (χ0v) is 19.8. The molecule has 0 aromatic carbocycles. The monoisotopic (exact) mass is 430 g/mol. The van der Waals surface area contributed by atoms with Gasteiger partial charge in [-0.15, -0.1) is 0 Å². The smallest absolute Gasteiger partial charge is 0.0915 e. The van der Waals surface area contributed by atoms with Crippen molar-refractivity contribution in [2.75, 3.05) is 20.8 Å². The fourth-order valence-corrected chi connectivity index (χ4v) is 6.71. The Kier molecular flexibility index (Phi) is 7.81. The minimum Gasteiger partial charge on any atom is -0.501 e. The lowest BCUT2D eigenvalue weighted by atomic mass is 9.60. The first-order valence-electron chi connectivity index (χ1n) is 12.6. The van der Waals surface area contributed by atoms with E-state index in [2.05, 4.69) is 31.2 Å². The van der Waals surface area contributed by atoms with Crippen LogP contribution in [0.15, 0.2) is 35.8 Å². The molecule has 31 heavy (non-hydrogen) atoms. The molecule has 0 aromatic rings. The van der Waals surface area contributed by atoms with Gasteiger partial charge in [-0.2, -0.15) is 0 Å². The molecule has 0 N–H and O–H groups in total. The Bertz CT molecular complexity index is 647. The summed E-state index contributed by atoms with van der Waals surface area (Å²) in [5.74, 6) is 3.93. The van der Waals surface area contributed by atoms with E-state index in [1.807, 2.05) is 14.2 Å². The summed E-state index contributed by atoms with van der Waals surface area (Å²) in [7, 11) is 3.61. The molecule has 4 rings (SSSR count). The van der Waals surface area contributed by atoms with Crippen LogP contribution in [0.5, 0.6) is 0 Å². The van der Waals surface area contributed by atoms with Crippen molar-refractivity contribution in [2.24, 2.45) is 17.8 Å². The number of rotatable bonds is 8. The average molecular weight is 431 g/mol. The van der Waals surface area contributed by atoms with Gasteiger partial charge in [-0.3, -0.25) is 0 Å². The van der Waals surface area contributed by atoms with Crippen molar-refractivity contribution in [1.82, 2.24) is 0 Å². The first-order valence-corrected chi connectivity index (χ1v) is 12.6. The molecule has 1 fully saturated rings. The van der Waals surface area contributed by atoms with Crippen LogP contribution < -0.4 is 0 Å². The van der Waals surface area contributed by atoms with Gasteiger partial charge in [0.25, 0.3) is 0 Å². The molecular formula is C27H42O4. The van der Waals surface area contributed by atoms with Crippen LogP contribution in [0.25, 0.3) is 0 Å². The summed E-state index contributed by atoms with van der Waals surface area (Å²) in [5, 5.41) is 0. The molecule has 3 aliphatic carbocycles. The lowest BCUT2D eigenvalue weighted by Crippen LogP contribution is -2.57. The SMILES string of the molecule is CCC1OCCC1OC(C1CC=CCC1)([C@@H]1CC=C(OC)CC1)[C@@H]1CC=C(OC)CC1. The van der Waals surface area contributed by atoms with E-state index in [0.717, 1.165) is 75.9 Å². The van der Waals surface area contributed by atoms with Gasteiger partial charge in [-0.25, -0.2) is 0 Å². The molecule has 1 saturated heterocycles. The summed E-state index contributed by atoms with van der Waals surface area (Å²) in [6.45, 7) is 3.07. The maximum atomic E-state index is 7.46. The Labute approximate surface area is 189 Å². The second kappa shape index (κ2) is 10.6. The zero-order chi connectivity index (χ0) is 21.7. The van der Waals surface area contributed by atoms with Gasteiger partial charge in [-0.1, -0.05) is 19.1 Å². The molecule has 1 heterocycles. The van der Waals surface area contributed by atoms with E-state index >= 15 is 0 Å². The third kappa shape index (κ3) is 4.75. The number of ether oxygens (including phenoxy) is 4. The molecule has 0 radical (unpaired) electrons. The number of hydrogen-bond donors (Lipinski definition) is 0. The second-order valence-corrected chi connectivity index (χ2v) is 9.79. The Morgan fingerprint density at radius 2 is 1.52 bits per heavy atom. The predicted octanol–water partition coefficient (Wildman–Crippen LogP) is 6.33. The topological polar surface area (TPSA) is 36.9 Å². The van der Waals surface area contributed by atoms with Crippen molar-refractivity contribution in [3.63, 3.8) is 0 Å². The summed E-state index contributed by atoms with van der Waals surface area (Å²) < 4.78 is 24.8. The van der Waals surface area contributed by atoms with E-state index < -0.39 is 0 Å². The lowest BCUT2D eigenvalue weighted by Gasteiger charge is -2.54. The van der Waals surface area contributed by atoms with Crippen LogP contribution in [0.3, 0.4) is 0 Å². The van der Waals surface area contributed by atoms with E-state index in [0.29, 0.717) is 17.8 Å². The largest absolute Gasteiger partial charge is 0.501 e. The second-order valence-electron chi connectivity index (χ2n) is 9.79. The van der Waals surface area contributed by atoms with E-state index in [4.69, 9.17) is 18.9 Å². The standard InChI is InChI=1S/C27H42O4/c1-4-25-26(18-19-30-25)31-27(20-8-6-5-7-9-20,21-10-14-23(28-2)15-11-21)22-12-16-24(29-3)17-13-22/h5-6,14,16,20-22,25-26H,4,7-13,15,17-19H2,1-3H3/t20?,21-,22-,25?,26?/m1/s1. The lowest BCUT2D eigenvalue weighted by molar-refractivity contribution is -0.209. The summed E-state index contributed by atoms with van der Waals surface area (Å²) in [6.07, 6.45) is 22.0. The predicted molar refractivity (Wildman–Crippen MR) is 124 cm³/mol. The van der Waals surface area contributed by atoms with Gasteiger partial charge < -0.3 is 18.9 Å². The van der Waals surface area contributed by atoms with Crippen LogP contribution in [0.1, 0.15) is 77.6 Å². The van der Waals surface area contributed by atoms with Gasteiger partial charge in [0.2, 0.25) is 0 Å². The number of methoxy groups -OCH3 is 2. The van der Waals surface area contributed by atoms with Crippen LogP contribution in [-0.2, 0) is 18.9 Å². The first kappa shape index (κ1) is 22.9. The third-order valence-electron chi connectivity index (χ3n) is 8.35. The summed E-state index contributed by atoms with van der Waals surface area (Å²) in [6, 6.07) is 0. The molecule has 0 bridgehead atoms. The van der Waals surface area contributed by atoms with Crippen LogP contribution in [-0.4, -0.2) is 38.6 Å². The molecule has 0 amide bonds. The highest BCUT2D eigenvalue weighted by Gasteiger charge is 2.53. The number of hydrogen-bond acceptors (Lipinski definition) is 4. The quantitative estimate of drug-likeness (QED) is 0.422. The molecular weight excluding hydrogens is 388 g/mol. The van der Waals surface area contributed by atoms with Gasteiger partial charge in [-0.05, 0) is 87.7 Å². The highest BCUT2D eigenvalue weighted by atomic mass is 16.6. The molecule has 0 aromatic heterocycles. The fraction of sp³-hybridized carbons (Fsp3) is 0.778. The maximum Gasteiger partial charge on any atom is 0.0915 e. The van der Waals surface area contributed by atoms with E-state index in [1.165, 1.54) is 12.8 Å². The molecule has 0 saturated carbocycles. The van der Waals surface area contributed by atoms with Crippen LogP contribution >= 0.6 is 0 Å². The van der Waals surface area contributed by atoms with Gasteiger partial charge in [0.05, 0.1) is 43.5 Å². The molecule has 3 unspecified atom stereocenters. The molecule has 0 spiro atoms. The van der Waals surface area contributed by atoms with Crippen molar-refractivity contribution in [3.8, 4) is 0 Å². The van der Waals surface area contributed by atoms with Crippen LogP contribution in [0.4, 0.5) is 0 Å². The Morgan fingerprint density at radius 1 is 0.871 bits per heavy atom.